The van der Waals surface area contributed by atoms with E-state index in [2.05, 4.69) is 6.07 Å². The minimum Gasteiger partial charge on any atom is -0.497 e. The van der Waals surface area contributed by atoms with E-state index in [9.17, 15) is 4.79 Å². The maximum absolute atomic E-state index is 10.5. The summed E-state index contributed by atoms with van der Waals surface area (Å²) in [6, 6.07) is 6.09. The molecule has 0 radical (unpaired) electrons. The molecule has 1 atom stereocenters. The van der Waals surface area contributed by atoms with Crippen LogP contribution in [0.1, 0.15) is 17.9 Å². The third-order valence-electron chi connectivity index (χ3n) is 2.48. The predicted octanol–water partition coefficient (Wildman–Crippen LogP) is 2.47. The molecular formula is C11H12O2S. The van der Waals surface area contributed by atoms with Crippen LogP contribution in [-0.4, -0.2) is 19.1 Å². The number of rotatable bonds is 3. The molecule has 14 heavy (non-hydrogen) atoms. The number of ether oxygens (including phenoxy) is 1. The standard InChI is InChI=1S/C11H12O2S/c1-13-9-2-3-11-10(6-9)8(4-5-12)7-14-11/h2-3,5-6,8H,4,7H2,1H3. The molecule has 0 aromatic heterocycles. The number of methoxy groups -OCH3 is 1. The number of thioether (sulfide) groups is 1. The first kappa shape index (κ1) is 9.59. The van der Waals surface area contributed by atoms with E-state index in [1.807, 2.05) is 23.9 Å². The van der Waals surface area contributed by atoms with E-state index in [1.54, 1.807) is 7.11 Å². The molecule has 0 saturated heterocycles. The summed E-state index contributed by atoms with van der Waals surface area (Å²) in [5.41, 5.74) is 1.27. The van der Waals surface area contributed by atoms with Crippen molar-refractivity contribution >= 4 is 18.0 Å². The molecule has 2 nitrogen and oxygen atoms in total. The SMILES string of the molecule is COc1ccc2c(c1)C(CC=O)CS2. The van der Waals surface area contributed by atoms with Crippen LogP contribution >= 0.6 is 11.8 Å². The number of hydrogen-bond acceptors (Lipinski definition) is 3. The fraction of sp³-hybridized carbons (Fsp3) is 0.364. The maximum atomic E-state index is 10.5. The zero-order valence-corrected chi connectivity index (χ0v) is 8.84. The van der Waals surface area contributed by atoms with E-state index in [1.165, 1.54) is 10.5 Å². The second kappa shape index (κ2) is 4.05. The molecule has 1 aliphatic heterocycles. The van der Waals surface area contributed by atoms with Gasteiger partial charge in [-0.2, -0.15) is 0 Å². The third-order valence-corrected chi connectivity index (χ3v) is 3.73. The highest BCUT2D eigenvalue weighted by Gasteiger charge is 2.22. The highest BCUT2D eigenvalue weighted by atomic mass is 32.2. The van der Waals surface area contributed by atoms with Gasteiger partial charge >= 0.3 is 0 Å². The lowest BCUT2D eigenvalue weighted by atomic mass is 9.98. The number of aldehydes is 1. The van der Waals surface area contributed by atoms with Crippen LogP contribution in [0, 0.1) is 0 Å². The number of benzene rings is 1. The molecule has 3 heteroatoms. The van der Waals surface area contributed by atoms with Crippen molar-refractivity contribution in [3.8, 4) is 5.75 Å². The van der Waals surface area contributed by atoms with Crippen LogP contribution in [0.4, 0.5) is 0 Å². The highest BCUT2D eigenvalue weighted by molar-refractivity contribution is 7.99. The first-order valence-corrected chi connectivity index (χ1v) is 5.58. The Morgan fingerprint density at radius 1 is 1.64 bits per heavy atom. The molecule has 1 aliphatic rings. The van der Waals surface area contributed by atoms with Crippen molar-refractivity contribution in [2.45, 2.75) is 17.2 Å². The van der Waals surface area contributed by atoms with E-state index >= 15 is 0 Å². The molecular weight excluding hydrogens is 196 g/mol. The van der Waals surface area contributed by atoms with E-state index in [4.69, 9.17) is 4.74 Å². The molecule has 0 N–H and O–H groups in total. The van der Waals surface area contributed by atoms with Gasteiger partial charge in [-0.1, -0.05) is 0 Å². The van der Waals surface area contributed by atoms with E-state index in [-0.39, 0.29) is 0 Å². The van der Waals surface area contributed by atoms with Gasteiger partial charge in [0.1, 0.15) is 12.0 Å². The van der Waals surface area contributed by atoms with Crippen LogP contribution in [-0.2, 0) is 4.79 Å². The van der Waals surface area contributed by atoms with Crippen molar-refractivity contribution < 1.29 is 9.53 Å². The Balaban J connectivity index is 2.31. The van der Waals surface area contributed by atoms with Crippen LogP contribution < -0.4 is 4.74 Å². The Morgan fingerprint density at radius 3 is 3.21 bits per heavy atom. The maximum Gasteiger partial charge on any atom is 0.120 e. The van der Waals surface area contributed by atoms with Crippen LogP contribution in [0.3, 0.4) is 0 Å². The third kappa shape index (κ3) is 1.64. The topological polar surface area (TPSA) is 26.3 Å². The Bertz CT molecular complexity index is 349. The quantitative estimate of drug-likeness (QED) is 0.714. The summed E-state index contributed by atoms with van der Waals surface area (Å²) in [4.78, 5) is 11.8. The van der Waals surface area contributed by atoms with Gasteiger partial charge in [0, 0.05) is 23.0 Å². The Labute approximate surface area is 87.6 Å². The van der Waals surface area contributed by atoms with Crippen LogP contribution in [0.25, 0.3) is 0 Å². The van der Waals surface area contributed by atoms with Gasteiger partial charge in [0.25, 0.3) is 0 Å². The van der Waals surface area contributed by atoms with Crippen molar-refractivity contribution in [1.82, 2.24) is 0 Å². The first-order chi connectivity index (χ1) is 6.85. The second-order valence-corrected chi connectivity index (χ2v) is 4.38. The van der Waals surface area contributed by atoms with Crippen molar-refractivity contribution in [3.05, 3.63) is 23.8 Å². The van der Waals surface area contributed by atoms with E-state index in [0.29, 0.717) is 12.3 Å². The minimum absolute atomic E-state index is 0.377. The Hall–Kier alpha value is -0.960. The highest BCUT2D eigenvalue weighted by Crippen LogP contribution is 2.42. The summed E-state index contributed by atoms with van der Waals surface area (Å²) < 4.78 is 5.17. The zero-order valence-electron chi connectivity index (χ0n) is 8.03. The number of fused-ring (bicyclic) bond motifs is 1. The molecule has 74 valence electrons. The molecule has 0 fully saturated rings. The Kier molecular flexibility index (Phi) is 2.77. The summed E-state index contributed by atoms with van der Waals surface area (Å²) in [5, 5.41) is 0. The average Bonchev–Trinajstić information content (AvgIpc) is 2.61. The molecule has 2 rings (SSSR count). The normalized spacial score (nSPS) is 19.1. The van der Waals surface area contributed by atoms with Gasteiger partial charge in [-0.15, -0.1) is 11.8 Å². The van der Waals surface area contributed by atoms with Crippen LogP contribution in [0.5, 0.6) is 5.75 Å². The van der Waals surface area contributed by atoms with Crippen molar-refractivity contribution in [2.75, 3.05) is 12.9 Å². The van der Waals surface area contributed by atoms with Crippen molar-refractivity contribution in [3.63, 3.8) is 0 Å². The number of carbonyl (C=O) groups is 1. The summed E-state index contributed by atoms with van der Waals surface area (Å²) in [7, 11) is 1.67. The molecule has 0 saturated carbocycles. The largest absolute Gasteiger partial charge is 0.497 e. The van der Waals surface area contributed by atoms with Crippen molar-refractivity contribution in [2.24, 2.45) is 0 Å². The van der Waals surface area contributed by atoms with Crippen LogP contribution in [0.2, 0.25) is 0 Å². The van der Waals surface area contributed by atoms with Gasteiger partial charge in [0.15, 0.2) is 0 Å². The van der Waals surface area contributed by atoms with Gasteiger partial charge in [-0.05, 0) is 23.8 Å². The predicted molar refractivity (Wildman–Crippen MR) is 57.1 cm³/mol. The average molecular weight is 208 g/mol. The van der Waals surface area contributed by atoms with E-state index < -0.39 is 0 Å². The number of hydrogen-bond donors (Lipinski definition) is 0. The van der Waals surface area contributed by atoms with Gasteiger partial charge in [0.2, 0.25) is 0 Å². The first-order valence-electron chi connectivity index (χ1n) is 4.59. The van der Waals surface area contributed by atoms with E-state index in [0.717, 1.165) is 17.8 Å². The molecule has 0 spiro atoms. The molecule has 1 unspecified atom stereocenters. The summed E-state index contributed by atoms with van der Waals surface area (Å²) in [6.07, 6.45) is 1.62. The molecule has 0 amide bonds. The lowest BCUT2D eigenvalue weighted by Gasteiger charge is -2.07. The van der Waals surface area contributed by atoms with Crippen LogP contribution in [0.15, 0.2) is 23.1 Å². The molecule has 0 bridgehead atoms. The van der Waals surface area contributed by atoms with Crippen molar-refractivity contribution in [1.29, 1.82) is 0 Å². The fourth-order valence-electron chi connectivity index (χ4n) is 1.70. The number of carbonyl (C=O) groups excluding carboxylic acids is 1. The lowest BCUT2D eigenvalue weighted by molar-refractivity contribution is -0.108. The molecule has 1 aromatic rings. The Morgan fingerprint density at radius 2 is 2.50 bits per heavy atom. The minimum atomic E-state index is 0.377. The molecule has 1 aromatic carbocycles. The zero-order chi connectivity index (χ0) is 9.97. The summed E-state index contributed by atoms with van der Waals surface area (Å²) in [6.45, 7) is 0. The second-order valence-electron chi connectivity index (χ2n) is 3.31. The monoisotopic (exact) mass is 208 g/mol. The summed E-state index contributed by atoms with van der Waals surface area (Å²) >= 11 is 1.82. The van der Waals surface area contributed by atoms with Gasteiger partial charge < -0.3 is 9.53 Å². The summed E-state index contributed by atoms with van der Waals surface area (Å²) in [5.74, 6) is 2.27. The fourth-order valence-corrected chi connectivity index (χ4v) is 2.95. The smallest absolute Gasteiger partial charge is 0.120 e. The van der Waals surface area contributed by atoms with Gasteiger partial charge in [-0.25, -0.2) is 0 Å². The van der Waals surface area contributed by atoms with Gasteiger partial charge in [0.05, 0.1) is 7.11 Å². The molecule has 1 heterocycles. The molecule has 0 aliphatic carbocycles. The lowest BCUT2D eigenvalue weighted by Crippen LogP contribution is -1.97. The van der Waals surface area contributed by atoms with Gasteiger partial charge in [-0.3, -0.25) is 0 Å².